The molecule has 0 N–H and O–H groups in total. The van der Waals surface area contributed by atoms with Crippen LogP contribution in [0.3, 0.4) is 0 Å². The van der Waals surface area contributed by atoms with Crippen LogP contribution in [0.5, 0.6) is 0 Å². The first-order valence-corrected chi connectivity index (χ1v) is 22.9. The van der Waals surface area contributed by atoms with Gasteiger partial charge < -0.3 is 14.0 Å². The van der Waals surface area contributed by atoms with E-state index in [-0.39, 0.29) is 10.8 Å². The van der Waals surface area contributed by atoms with Crippen LogP contribution in [-0.2, 0) is 10.8 Å². The summed E-state index contributed by atoms with van der Waals surface area (Å²) in [5, 5.41) is 3.83. The molecule has 2 aromatic heterocycles. The number of fused-ring (bicyclic) bond motifs is 12. The SMILES string of the molecule is CC1(C)c2ccccc2-c2ccc(N(c3ccc(-c4ccccc4)cc3)c3ccc(-n4c5ccccc5c5ccc6c(c7c(n6-c6ccccc6)-c6ccccc6C7(C)C)c54)cc3)cc21. The zero-order valence-electron chi connectivity index (χ0n) is 37.0. The maximum atomic E-state index is 2.53. The van der Waals surface area contributed by atoms with Crippen molar-refractivity contribution in [1.82, 2.24) is 9.13 Å². The van der Waals surface area contributed by atoms with Gasteiger partial charge in [0.25, 0.3) is 0 Å². The van der Waals surface area contributed by atoms with Crippen LogP contribution >= 0.6 is 0 Å². The maximum absolute atomic E-state index is 2.53. The van der Waals surface area contributed by atoms with Gasteiger partial charge in [0.15, 0.2) is 0 Å². The molecule has 2 aliphatic rings. The molecule has 9 aromatic carbocycles. The van der Waals surface area contributed by atoms with E-state index in [4.69, 9.17) is 0 Å². The van der Waals surface area contributed by atoms with Crippen molar-refractivity contribution in [3.05, 3.63) is 235 Å². The van der Waals surface area contributed by atoms with E-state index < -0.39 is 0 Å². The van der Waals surface area contributed by atoms with Crippen LogP contribution in [0.15, 0.2) is 212 Å². The molecule has 0 atom stereocenters. The molecule has 0 saturated carbocycles. The molecule has 0 fully saturated rings. The first-order chi connectivity index (χ1) is 31.8. The number of rotatable bonds is 6. The molecule has 0 spiro atoms. The lowest BCUT2D eigenvalue weighted by molar-refractivity contribution is 0.660. The Hall–Kier alpha value is -7.88. The van der Waals surface area contributed by atoms with Gasteiger partial charge in [-0.1, -0.05) is 167 Å². The highest BCUT2D eigenvalue weighted by molar-refractivity contribution is 6.21. The van der Waals surface area contributed by atoms with E-state index in [0.717, 1.165) is 22.7 Å². The monoisotopic (exact) mass is 833 g/mol. The Balaban J connectivity index is 1.02. The minimum absolute atomic E-state index is 0.119. The lowest BCUT2D eigenvalue weighted by Gasteiger charge is -2.28. The number of hydrogen-bond acceptors (Lipinski definition) is 1. The van der Waals surface area contributed by atoms with Gasteiger partial charge in [0.1, 0.15) is 0 Å². The highest BCUT2D eigenvalue weighted by Gasteiger charge is 2.42. The molecule has 11 aromatic rings. The minimum atomic E-state index is -0.216. The summed E-state index contributed by atoms with van der Waals surface area (Å²) >= 11 is 0. The number of anilines is 3. The van der Waals surface area contributed by atoms with Crippen LogP contribution in [0, 0.1) is 0 Å². The van der Waals surface area contributed by atoms with E-state index in [0.29, 0.717) is 0 Å². The van der Waals surface area contributed by atoms with Gasteiger partial charge >= 0.3 is 0 Å². The Labute approximate surface area is 380 Å². The summed E-state index contributed by atoms with van der Waals surface area (Å²) in [5.41, 5.74) is 22.2. The summed E-state index contributed by atoms with van der Waals surface area (Å²) in [6.07, 6.45) is 0. The van der Waals surface area contributed by atoms with Crippen LogP contribution in [0.1, 0.15) is 49.9 Å². The Morgan fingerprint density at radius 2 is 0.923 bits per heavy atom. The van der Waals surface area contributed by atoms with Gasteiger partial charge in [-0.2, -0.15) is 0 Å². The van der Waals surface area contributed by atoms with E-state index >= 15 is 0 Å². The molecule has 0 aliphatic heterocycles. The second-order valence-corrected chi connectivity index (χ2v) is 18.9. The third-order valence-corrected chi connectivity index (χ3v) is 14.7. The molecule has 310 valence electrons. The Morgan fingerprint density at radius 1 is 0.369 bits per heavy atom. The third-order valence-electron chi connectivity index (χ3n) is 14.7. The molecular weight excluding hydrogens is 787 g/mol. The molecule has 0 amide bonds. The maximum Gasteiger partial charge on any atom is 0.0638 e. The van der Waals surface area contributed by atoms with Gasteiger partial charge in [-0.15, -0.1) is 0 Å². The van der Waals surface area contributed by atoms with Gasteiger partial charge in [0, 0.05) is 61.0 Å². The summed E-state index contributed by atoms with van der Waals surface area (Å²) in [4.78, 5) is 2.43. The van der Waals surface area contributed by atoms with Gasteiger partial charge in [-0.25, -0.2) is 0 Å². The van der Waals surface area contributed by atoms with Crippen molar-refractivity contribution in [3.63, 3.8) is 0 Å². The molecule has 3 heteroatoms. The Kier molecular flexibility index (Phi) is 8.00. The lowest BCUT2D eigenvalue weighted by atomic mass is 9.81. The van der Waals surface area contributed by atoms with E-state index in [1.165, 1.54) is 94.2 Å². The van der Waals surface area contributed by atoms with Crippen molar-refractivity contribution in [3.8, 4) is 44.9 Å². The predicted octanol–water partition coefficient (Wildman–Crippen LogP) is 16.5. The van der Waals surface area contributed by atoms with Crippen molar-refractivity contribution in [2.75, 3.05) is 4.90 Å². The van der Waals surface area contributed by atoms with E-state index in [1.807, 2.05) is 0 Å². The summed E-state index contributed by atoms with van der Waals surface area (Å²) in [7, 11) is 0. The van der Waals surface area contributed by atoms with Crippen molar-refractivity contribution in [2.24, 2.45) is 0 Å². The van der Waals surface area contributed by atoms with Crippen molar-refractivity contribution >= 4 is 49.8 Å². The highest BCUT2D eigenvalue weighted by atomic mass is 15.1. The molecule has 0 radical (unpaired) electrons. The van der Waals surface area contributed by atoms with E-state index in [1.54, 1.807) is 0 Å². The fourth-order valence-corrected chi connectivity index (χ4v) is 11.6. The second kappa shape index (κ2) is 13.8. The molecule has 3 nitrogen and oxygen atoms in total. The first kappa shape index (κ1) is 37.7. The third kappa shape index (κ3) is 5.36. The summed E-state index contributed by atoms with van der Waals surface area (Å²) in [6.45, 7) is 9.54. The van der Waals surface area contributed by atoms with Gasteiger partial charge in [-0.05, 0) is 117 Å². The van der Waals surface area contributed by atoms with Crippen molar-refractivity contribution < 1.29 is 0 Å². The average molecular weight is 834 g/mol. The van der Waals surface area contributed by atoms with Gasteiger partial charge in [-0.3, -0.25) is 0 Å². The first-order valence-electron chi connectivity index (χ1n) is 22.9. The number of aromatic nitrogens is 2. The average Bonchev–Trinajstić information content (AvgIpc) is 4.02. The molecule has 0 bridgehead atoms. The normalized spacial score (nSPS) is 14.1. The molecule has 2 heterocycles. The highest BCUT2D eigenvalue weighted by Crippen LogP contribution is 2.56. The fraction of sp³-hybridized carbons (Fsp3) is 0.0968. The van der Waals surface area contributed by atoms with E-state index in [2.05, 4.69) is 254 Å². The number of para-hydroxylation sites is 2. The van der Waals surface area contributed by atoms with Crippen LogP contribution in [0.2, 0.25) is 0 Å². The Morgan fingerprint density at radius 3 is 1.66 bits per heavy atom. The van der Waals surface area contributed by atoms with E-state index in [9.17, 15) is 0 Å². The quantitative estimate of drug-likeness (QED) is 0.163. The summed E-state index contributed by atoms with van der Waals surface area (Å²) in [5.74, 6) is 0. The topological polar surface area (TPSA) is 13.1 Å². The number of hydrogen-bond donors (Lipinski definition) is 0. The standard InChI is InChI=1S/C62H47N3/c1-61(2)52-24-14-11-21-47(52)48-36-35-46(39-54(48)61)63(43-29-27-41(28-30-43)40-17-7-5-8-18-40)44-31-33-45(34-32-44)64-55-26-16-13-22-49(55)50-37-38-56-57(59(50)64)58-60(65(56)42-19-9-6-10-20-42)51-23-12-15-25-53(51)62(58,3)4/h5-39H,1-4H3. The van der Waals surface area contributed by atoms with Crippen LogP contribution < -0.4 is 4.90 Å². The van der Waals surface area contributed by atoms with Crippen LogP contribution in [0.25, 0.3) is 77.6 Å². The van der Waals surface area contributed by atoms with Crippen LogP contribution in [-0.4, -0.2) is 9.13 Å². The summed E-state index contributed by atoms with van der Waals surface area (Å²) < 4.78 is 5.04. The minimum Gasteiger partial charge on any atom is -0.310 e. The number of nitrogens with zero attached hydrogens (tertiary/aromatic N) is 3. The van der Waals surface area contributed by atoms with Crippen LogP contribution in [0.4, 0.5) is 17.1 Å². The van der Waals surface area contributed by atoms with Crippen molar-refractivity contribution in [1.29, 1.82) is 0 Å². The number of benzene rings is 9. The van der Waals surface area contributed by atoms with Gasteiger partial charge in [0.05, 0.1) is 22.2 Å². The Bertz CT molecular complexity index is 3680. The zero-order chi connectivity index (χ0) is 43.6. The smallest absolute Gasteiger partial charge is 0.0638 e. The zero-order valence-corrected chi connectivity index (χ0v) is 37.0. The largest absolute Gasteiger partial charge is 0.310 e. The lowest BCUT2D eigenvalue weighted by Crippen LogP contribution is -2.16. The summed E-state index contributed by atoms with van der Waals surface area (Å²) in [6, 6.07) is 78.5. The fourth-order valence-electron chi connectivity index (χ4n) is 11.6. The molecule has 65 heavy (non-hydrogen) atoms. The molecule has 13 rings (SSSR count). The molecular formula is C62H47N3. The molecule has 0 unspecified atom stereocenters. The van der Waals surface area contributed by atoms with Crippen molar-refractivity contribution in [2.45, 2.75) is 38.5 Å². The van der Waals surface area contributed by atoms with Gasteiger partial charge in [0.2, 0.25) is 0 Å². The second-order valence-electron chi connectivity index (χ2n) is 18.9. The molecule has 0 saturated heterocycles. The molecule has 2 aliphatic carbocycles. The predicted molar refractivity (Wildman–Crippen MR) is 273 cm³/mol.